The van der Waals surface area contributed by atoms with E-state index < -0.39 is 5.60 Å². The smallest absolute Gasteiger partial charge is 0.414 e. The minimum Gasteiger partial charge on any atom is -0.443 e. The fraction of sp³-hybridized carbons (Fsp3) is 0.462. The Bertz CT molecular complexity index is 1190. The number of aromatic nitrogens is 2. The van der Waals surface area contributed by atoms with Gasteiger partial charge in [-0.25, -0.2) is 9.78 Å². The van der Waals surface area contributed by atoms with Crippen molar-refractivity contribution in [3.63, 3.8) is 0 Å². The topological polar surface area (TPSA) is 85.4 Å². The molecule has 34 heavy (non-hydrogen) atoms. The highest BCUT2D eigenvalue weighted by molar-refractivity contribution is 14.0. The van der Waals surface area contributed by atoms with Gasteiger partial charge in [-0.3, -0.25) is 9.47 Å². The van der Waals surface area contributed by atoms with Crippen molar-refractivity contribution in [1.82, 2.24) is 14.9 Å². The van der Waals surface area contributed by atoms with Crippen molar-refractivity contribution < 1.29 is 9.53 Å². The summed E-state index contributed by atoms with van der Waals surface area (Å²) in [7, 11) is 0. The molecule has 0 atom stereocenters. The lowest BCUT2D eigenvalue weighted by atomic mass is 9.97. The first-order chi connectivity index (χ1) is 15.4. The average Bonchev–Trinajstić information content (AvgIpc) is 3.24. The van der Waals surface area contributed by atoms with E-state index in [4.69, 9.17) is 10.5 Å². The first-order valence-corrected chi connectivity index (χ1v) is 11.5. The summed E-state index contributed by atoms with van der Waals surface area (Å²) in [5.41, 5.74) is 11.9. The largest absolute Gasteiger partial charge is 0.443 e. The Morgan fingerprint density at radius 3 is 2.53 bits per heavy atom. The maximum Gasteiger partial charge on any atom is 0.414 e. The molecule has 2 aromatic carbocycles. The summed E-state index contributed by atoms with van der Waals surface area (Å²) < 4.78 is 7.54. The highest BCUT2D eigenvalue weighted by Crippen LogP contribution is 2.33. The Morgan fingerprint density at radius 2 is 1.85 bits per heavy atom. The predicted octanol–water partition coefficient (Wildman–Crippen LogP) is 5.66. The van der Waals surface area contributed by atoms with Crippen LogP contribution in [-0.2, 0) is 17.7 Å². The van der Waals surface area contributed by atoms with Gasteiger partial charge in [-0.15, -0.1) is 24.0 Å². The molecule has 184 valence electrons. The van der Waals surface area contributed by atoms with Crippen LogP contribution in [0.1, 0.15) is 52.7 Å². The maximum absolute atomic E-state index is 12.7. The van der Waals surface area contributed by atoms with Crippen LogP contribution in [-0.4, -0.2) is 34.3 Å². The normalized spacial score (nSPS) is 13.6. The second-order valence-corrected chi connectivity index (χ2v) is 11.0. The average molecular weight is 578 g/mol. The van der Waals surface area contributed by atoms with Gasteiger partial charge in [0.1, 0.15) is 5.60 Å². The first kappa shape index (κ1) is 26.3. The van der Waals surface area contributed by atoms with E-state index in [1.54, 1.807) is 4.90 Å². The van der Waals surface area contributed by atoms with Crippen LogP contribution in [0.2, 0.25) is 0 Å². The number of carbonyl (C=O) groups is 1. The van der Waals surface area contributed by atoms with E-state index >= 15 is 0 Å². The summed E-state index contributed by atoms with van der Waals surface area (Å²) in [5.74, 6) is 0.423. The molecule has 1 aliphatic rings. The van der Waals surface area contributed by atoms with Gasteiger partial charge in [0.15, 0.2) is 0 Å². The molecule has 1 aromatic heterocycles. The van der Waals surface area contributed by atoms with Crippen molar-refractivity contribution in [2.24, 2.45) is 5.41 Å². The van der Waals surface area contributed by atoms with Gasteiger partial charge in [-0.05, 0) is 68.0 Å². The predicted molar refractivity (Wildman–Crippen MR) is 149 cm³/mol. The van der Waals surface area contributed by atoms with Crippen LogP contribution in [0.15, 0.2) is 36.4 Å². The monoisotopic (exact) mass is 577 g/mol. The highest BCUT2D eigenvalue weighted by Gasteiger charge is 2.29. The fourth-order valence-electron chi connectivity index (χ4n) is 4.12. The molecule has 1 amide bonds. The number of anilines is 2. The lowest BCUT2D eigenvalue weighted by Crippen LogP contribution is -2.35. The van der Waals surface area contributed by atoms with Crippen LogP contribution in [0.4, 0.5) is 16.4 Å². The van der Waals surface area contributed by atoms with Crippen molar-refractivity contribution in [1.29, 1.82) is 0 Å². The quantitative estimate of drug-likeness (QED) is 0.391. The number of carbonyl (C=O) groups excluding carboxylic acids is 1. The zero-order valence-corrected chi connectivity index (χ0v) is 23.3. The number of hydrogen-bond donors (Lipinski definition) is 2. The van der Waals surface area contributed by atoms with Crippen LogP contribution >= 0.6 is 24.0 Å². The maximum atomic E-state index is 12.7. The molecule has 0 saturated heterocycles. The Balaban J connectivity index is 0.00000324. The molecule has 0 bridgehead atoms. The molecule has 0 radical (unpaired) electrons. The standard InChI is InChI=1S/C26H35N5O2.HI/c1-25(2,3)16-28-15-17-7-10-21-20(13-17)29-23(27)31(21)19-9-8-18-11-12-30(22(18)14-19)24(32)33-26(4,5)6;/h7-10,13-14,28H,11-12,15-16H2,1-6H3,(H2,27,29);1H. The van der Waals surface area contributed by atoms with Gasteiger partial charge < -0.3 is 15.8 Å². The van der Waals surface area contributed by atoms with E-state index in [2.05, 4.69) is 55.3 Å². The summed E-state index contributed by atoms with van der Waals surface area (Å²) in [6.07, 6.45) is 0.481. The van der Waals surface area contributed by atoms with Gasteiger partial charge in [0, 0.05) is 19.6 Å². The number of nitrogens with zero attached hydrogens (tertiary/aromatic N) is 3. The number of amides is 1. The molecule has 0 unspecified atom stereocenters. The number of nitrogens with one attached hydrogen (secondary N) is 1. The van der Waals surface area contributed by atoms with Crippen LogP contribution in [0.3, 0.4) is 0 Å². The highest BCUT2D eigenvalue weighted by atomic mass is 127. The molecule has 0 fully saturated rings. The minimum atomic E-state index is -0.540. The van der Waals surface area contributed by atoms with E-state index in [1.807, 2.05) is 37.5 Å². The summed E-state index contributed by atoms with van der Waals surface area (Å²) in [6.45, 7) is 14.6. The Morgan fingerprint density at radius 1 is 1.12 bits per heavy atom. The molecular weight excluding hydrogens is 541 g/mol. The first-order valence-electron chi connectivity index (χ1n) is 11.5. The van der Waals surface area contributed by atoms with E-state index in [9.17, 15) is 4.79 Å². The molecule has 0 spiro atoms. The second kappa shape index (κ2) is 9.73. The summed E-state index contributed by atoms with van der Waals surface area (Å²) >= 11 is 0. The van der Waals surface area contributed by atoms with E-state index in [0.29, 0.717) is 12.5 Å². The number of hydrogen-bond acceptors (Lipinski definition) is 5. The molecule has 7 nitrogen and oxygen atoms in total. The Kier molecular flexibility index (Phi) is 7.52. The lowest BCUT2D eigenvalue weighted by molar-refractivity contribution is 0.0584. The SMILES string of the molecule is CC(C)(C)CNCc1ccc2c(c1)nc(N)n2-c1ccc2c(c1)N(C(=O)OC(C)(C)C)CC2.I. The Hall–Kier alpha value is -2.33. The molecule has 0 saturated carbocycles. The van der Waals surface area contributed by atoms with Crippen LogP contribution in [0.5, 0.6) is 0 Å². The van der Waals surface area contributed by atoms with Crippen molar-refractivity contribution in [2.45, 2.75) is 60.1 Å². The third kappa shape index (κ3) is 5.83. The number of nitrogen functional groups attached to an aromatic ring is 1. The molecule has 2 heterocycles. The molecule has 1 aliphatic heterocycles. The van der Waals surface area contributed by atoms with Crippen LogP contribution in [0.25, 0.3) is 16.7 Å². The van der Waals surface area contributed by atoms with E-state index in [-0.39, 0.29) is 35.5 Å². The number of imidazole rings is 1. The van der Waals surface area contributed by atoms with Crippen molar-refractivity contribution >= 4 is 52.7 Å². The zero-order valence-electron chi connectivity index (χ0n) is 20.9. The van der Waals surface area contributed by atoms with E-state index in [1.165, 1.54) is 5.56 Å². The third-order valence-electron chi connectivity index (χ3n) is 5.57. The van der Waals surface area contributed by atoms with Gasteiger partial charge >= 0.3 is 6.09 Å². The van der Waals surface area contributed by atoms with Crippen LogP contribution < -0.4 is 16.0 Å². The van der Waals surface area contributed by atoms with Crippen molar-refractivity contribution in [3.8, 4) is 5.69 Å². The molecule has 0 aliphatic carbocycles. The third-order valence-corrected chi connectivity index (χ3v) is 5.57. The van der Waals surface area contributed by atoms with Gasteiger partial charge in [0.2, 0.25) is 5.95 Å². The fourth-order valence-corrected chi connectivity index (χ4v) is 4.12. The van der Waals surface area contributed by atoms with Crippen molar-refractivity contribution in [3.05, 3.63) is 47.5 Å². The summed E-state index contributed by atoms with van der Waals surface area (Å²) in [5, 5.41) is 3.50. The number of ether oxygens (including phenoxy) is 1. The number of nitrogens with two attached hydrogens (primary N) is 1. The van der Waals surface area contributed by atoms with E-state index in [0.717, 1.165) is 47.5 Å². The minimum absolute atomic E-state index is 0. The molecule has 3 N–H and O–H groups in total. The Labute approximate surface area is 219 Å². The van der Waals surface area contributed by atoms with Gasteiger partial charge in [-0.1, -0.05) is 32.9 Å². The van der Waals surface area contributed by atoms with Crippen molar-refractivity contribution in [2.75, 3.05) is 23.7 Å². The zero-order chi connectivity index (χ0) is 24.0. The van der Waals surface area contributed by atoms with Crippen LogP contribution in [0, 0.1) is 5.41 Å². The number of fused-ring (bicyclic) bond motifs is 2. The molecule has 8 heteroatoms. The number of rotatable bonds is 4. The lowest BCUT2D eigenvalue weighted by Gasteiger charge is -2.25. The summed E-state index contributed by atoms with van der Waals surface area (Å²) in [4.78, 5) is 19.1. The summed E-state index contributed by atoms with van der Waals surface area (Å²) in [6, 6.07) is 12.3. The molecule has 4 rings (SSSR count). The van der Waals surface area contributed by atoms with Gasteiger partial charge in [0.25, 0.3) is 0 Å². The second-order valence-electron chi connectivity index (χ2n) is 11.0. The number of halogens is 1. The van der Waals surface area contributed by atoms with Gasteiger partial charge in [0.05, 0.1) is 22.4 Å². The van der Waals surface area contributed by atoms with Gasteiger partial charge in [-0.2, -0.15) is 0 Å². The molecular formula is C26H36IN5O2. The number of benzene rings is 2. The molecule has 3 aromatic rings.